The molecule has 0 aliphatic rings. The molecule has 0 fully saturated rings. The molecule has 122 valence electrons. The highest BCUT2D eigenvalue weighted by Crippen LogP contribution is 2.27. The molecule has 0 rings (SSSR count). The Morgan fingerprint density at radius 2 is 1.25 bits per heavy atom. The zero-order valence-electron chi connectivity index (χ0n) is 14.7. The zero-order chi connectivity index (χ0) is 15.3. The van der Waals surface area contributed by atoms with Crippen LogP contribution in [0.25, 0.3) is 0 Å². The molecule has 2 nitrogen and oxygen atoms in total. The van der Waals surface area contributed by atoms with E-state index < -0.39 is 0 Å². The van der Waals surface area contributed by atoms with Gasteiger partial charge in [0.25, 0.3) is 0 Å². The molecular formula is C18H38O2. The van der Waals surface area contributed by atoms with Crippen molar-refractivity contribution in [3.63, 3.8) is 0 Å². The third kappa shape index (κ3) is 9.77. The number of rotatable bonds is 14. The van der Waals surface area contributed by atoms with Gasteiger partial charge in [-0.1, -0.05) is 65.7 Å². The van der Waals surface area contributed by atoms with E-state index in [0.717, 1.165) is 18.8 Å². The highest BCUT2D eigenvalue weighted by molar-refractivity contribution is 4.70. The van der Waals surface area contributed by atoms with Crippen LogP contribution in [0.3, 0.4) is 0 Å². The molecule has 20 heavy (non-hydrogen) atoms. The molecule has 0 unspecified atom stereocenters. The Morgan fingerprint density at radius 1 is 0.750 bits per heavy atom. The van der Waals surface area contributed by atoms with Crippen molar-refractivity contribution >= 4 is 0 Å². The van der Waals surface area contributed by atoms with Gasteiger partial charge in [0.15, 0.2) is 5.79 Å². The predicted octanol–water partition coefficient (Wildman–Crippen LogP) is 5.94. The van der Waals surface area contributed by atoms with Crippen molar-refractivity contribution in [2.75, 3.05) is 14.2 Å². The first kappa shape index (κ1) is 19.9. The molecular weight excluding hydrogens is 248 g/mol. The van der Waals surface area contributed by atoms with E-state index in [1.165, 1.54) is 57.8 Å². The predicted molar refractivity (Wildman–Crippen MR) is 88.0 cm³/mol. The van der Waals surface area contributed by atoms with Gasteiger partial charge in [-0.25, -0.2) is 0 Å². The topological polar surface area (TPSA) is 18.5 Å². The van der Waals surface area contributed by atoms with Crippen LogP contribution in [0.5, 0.6) is 0 Å². The summed E-state index contributed by atoms with van der Waals surface area (Å²) in [5, 5.41) is 0. The quantitative estimate of drug-likeness (QED) is 0.290. The number of methoxy groups -OCH3 is 2. The Bertz CT molecular complexity index is 198. The average molecular weight is 286 g/mol. The molecule has 0 radical (unpaired) electrons. The largest absolute Gasteiger partial charge is 0.353 e. The van der Waals surface area contributed by atoms with E-state index >= 15 is 0 Å². The summed E-state index contributed by atoms with van der Waals surface area (Å²) in [6, 6.07) is 0. The van der Waals surface area contributed by atoms with Crippen molar-refractivity contribution < 1.29 is 9.47 Å². The normalized spacial score (nSPS) is 12.3. The Labute approximate surface area is 127 Å². The van der Waals surface area contributed by atoms with Crippen molar-refractivity contribution in [3.8, 4) is 0 Å². The Balaban J connectivity index is 3.82. The van der Waals surface area contributed by atoms with Gasteiger partial charge in [0, 0.05) is 27.1 Å². The van der Waals surface area contributed by atoms with Crippen molar-refractivity contribution in [1.82, 2.24) is 0 Å². The smallest absolute Gasteiger partial charge is 0.167 e. The maximum atomic E-state index is 5.69. The molecule has 0 aromatic rings. The lowest BCUT2D eigenvalue weighted by Crippen LogP contribution is -2.33. The summed E-state index contributed by atoms with van der Waals surface area (Å²) < 4.78 is 11.4. The van der Waals surface area contributed by atoms with E-state index in [4.69, 9.17) is 9.47 Å². The van der Waals surface area contributed by atoms with E-state index in [9.17, 15) is 0 Å². The van der Waals surface area contributed by atoms with Crippen LogP contribution in [-0.4, -0.2) is 20.0 Å². The van der Waals surface area contributed by atoms with Crippen LogP contribution < -0.4 is 0 Å². The van der Waals surface area contributed by atoms with E-state index in [-0.39, 0.29) is 5.79 Å². The highest BCUT2D eigenvalue weighted by atomic mass is 16.7. The van der Waals surface area contributed by atoms with Crippen molar-refractivity contribution in [1.29, 1.82) is 0 Å². The summed E-state index contributed by atoms with van der Waals surface area (Å²) in [5.74, 6) is 0.429. The fourth-order valence-electron chi connectivity index (χ4n) is 2.75. The summed E-state index contributed by atoms with van der Waals surface area (Å²) in [6.07, 6.45) is 13.9. The number of unbranched alkanes of at least 4 members (excludes halogenated alkanes) is 6. The summed E-state index contributed by atoms with van der Waals surface area (Å²) >= 11 is 0. The van der Waals surface area contributed by atoms with Gasteiger partial charge in [0.1, 0.15) is 0 Å². The van der Waals surface area contributed by atoms with Crippen LogP contribution in [-0.2, 0) is 9.47 Å². The van der Waals surface area contributed by atoms with E-state index in [2.05, 4.69) is 20.8 Å². The van der Waals surface area contributed by atoms with Gasteiger partial charge >= 0.3 is 0 Å². The van der Waals surface area contributed by atoms with Gasteiger partial charge in [-0.05, 0) is 18.8 Å². The molecule has 0 heterocycles. The third-order valence-electron chi connectivity index (χ3n) is 4.24. The lowest BCUT2D eigenvalue weighted by atomic mass is 9.97. The minimum absolute atomic E-state index is 0.335. The molecule has 0 aliphatic heterocycles. The van der Waals surface area contributed by atoms with Crippen LogP contribution >= 0.6 is 0 Å². The molecule has 0 aliphatic carbocycles. The maximum Gasteiger partial charge on any atom is 0.167 e. The molecule has 0 aromatic carbocycles. The van der Waals surface area contributed by atoms with E-state index in [1.54, 1.807) is 14.2 Å². The molecule has 0 N–H and O–H groups in total. The molecule has 0 saturated carbocycles. The van der Waals surface area contributed by atoms with Crippen LogP contribution in [0.15, 0.2) is 0 Å². The van der Waals surface area contributed by atoms with Crippen LogP contribution in [0.4, 0.5) is 0 Å². The monoisotopic (exact) mass is 286 g/mol. The number of hydrogen-bond donors (Lipinski definition) is 0. The van der Waals surface area contributed by atoms with Crippen molar-refractivity contribution in [2.24, 2.45) is 5.92 Å². The van der Waals surface area contributed by atoms with Crippen LogP contribution in [0, 0.1) is 5.92 Å². The lowest BCUT2D eigenvalue weighted by Gasteiger charge is -2.31. The van der Waals surface area contributed by atoms with Crippen molar-refractivity contribution in [2.45, 2.75) is 97.2 Å². The van der Waals surface area contributed by atoms with Gasteiger partial charge in [-0.3, -0.25) is 0 Å². The van der Waals surface area contributed by atoms with Gasteiger partial charge in [0.2, 0.25) is 0 Å². The second kappa shape index (κ2) is 12.6. The minimum Gasteiger partial charge on any atom is -0.353 e. The maximum absolute atomic E-state index is 5.69. The van der Waals surface area contributed by atoms with Crippen LogP contribution in [0.2, 0.25) is 0 Å². The second-order valence-corrected chi connectivity index (χ2v) is 6.48. The molecule has 0 amide bonds. The standard InChI is InChI=1S/C18H38O2/c1-6-7-8-9-10-11-12-15-18(19-4,20-5)16-13-14-17(2)3/h17H,6-16H2,1-5H3. The average Bonchev–Trinajstić information content (AvgIpc) is 2.44. The Morgan fingerprint density at radius 3 is 1.75 bits per heavy atom. The first-order chi connectivity index (χ1) is 9.60. The van der Waals surface area contributed by atoms with Gasteiger partial charge in [-0.2, -0.15) is 0 Å². The summed E-state index contributed by atoms with van der Waals surface area (Å²) in [4.78, 5) is 0. The number of hydrogen-bond acceptors (Lipinski definition) is 2. The highest BCUT2D eigenvalue weighted by Gasteiger charge is 2.28. The third-order valence-corrected chi connectivity index (χ3v) is 4.24. The fraction of sp³-hybridized carbons (Fsp3) is 1.00. The zero-order valence-corrected chi connectivity index (χ0v) is 14.7. The summed E-state index contributed by atoms with van der Waals surface area (Å²) in [7, 11) is 3.58. The summed E-state index contributed by atoms with van der Waals surface area (Å²) in [6.45, 7) is 6.82. The van der Waals surface area contributed by atoms with Gasteiger partial charge in [0.05, 0.1) is 0 Å². The van der Waals surface area contributed by atoms with Gasteiger partial charge in [-0.15, -0.1) is 0 Å². The first-order valence-electron chi connectivity index (χ1n) is 8.70. The fourth-order valence-corrected chi connectivity index (χ4v) is 2.75. The van der Waals surface area contributed by atoms with E-state index in [1.807, 2.05) is 0 Å². The second-order valence-electron chi connectivity index (χ2n) is 6.48. The first-order valence-corrected chi connectivity index (χ1v) is 8.70. The van der Waals surface area contributed by atoms with Crippen molar-refractivity contribution in [3.05, 3.63) is 0 Å². The molecule has 0 bridgehead atoms. The molecule has 0 aromatic heterocycles. The SMILES string of the molecule is CCCCCCCCCC(CCCC(C)C)(OC)OC. The Kier molecular flexibility index (Phi) is 12.6. The Hall–Kier alpha value is -0.0800. The minimum atomic E-state index is -0.335. The van der Waals surface area contributed by atoms with Crippen LogP contribution in [0.1, 0.15) is 91.4 Å². The summed E-state index contributed by atoms with van der Waals surface area (Å²) in [5.41, 5.74) is 0. The molecule has 0 spiro atoms. The lowest BCUT2D eigenvalue weighted by molar-refractivity contribution is -0.216. The van der Waals surface area contributed by atoms with Gasteiger partial charge < -0.3 is 9.47 Å². The molecule has 0 atom stereocenters. The van der Waals surface area contributed by atoms with E-state index in [0.29, 0.717) is 0 Å². The molecule has 0 saturated heterocycles. The number of ether oxygens (including phenoxy) is 2. The molecule has 2 heteroatoms.